The van der Waals surface area contributed by atoms with Crippen molar-refractivity contribution >= 4 is 5.69 Å². The predicted octanol–water partition coefficient (Wildman–Crippen LogP) is 1.24. The van der Waals surface area contributed by atoms with Gasteiger partial charge in [0.2, 0.25) is 0 Å². The fourth-order valence-electron chi connectivity index (χ4n) is 1.67. The van der Waals surface area contributed by atoms with Crippen LogP contribution in [-0.2, 0) is 0 Å². The molecule has 16 heavy (non-hydrogen) atoms. The molecule has 0 unspecified atom stereocenters. The van der Waals surface area contributed by atoms with E-state index in [4.69, 9.17) is 0 Å². The largest absolute Gasteiger partial charge is 0.377 e. The Morgan fingerprint density at radius 1 is 0.938 bits per heavy atom. The van der Waals surface area contributed by atoms with Crippen LogP contribution in [0.25, 0.3) is 0 Å². The predicted molar refractivity (Wildman–Crippen MR) is 71.2 cm³/mol. The number of anilines is 1. The number of hydrogen-bond acceptors (Lipinski definition) is 3. The van der Waals surface area contributed by atoms with Crippen LogP contribution in [0.15, 0.2) is 24.3 Å². The van der Waals surface area contributed by atoms with E-state index in [0.29, 0.717) is 0 Å². The first-order valence-corrected chi connectivity index (χ1v) is 5.86. The summed E-state index contributed by atoms with van der Waals surface area (Å²) in [7, 11) is 4.12. The number of aryl methyl sites for hydroxylation is 1. The van der Waals surface area contributed by atoms with E-state index < -0.39 is 0 Å². The zero-order valence-corrected chi connectivity index (χ0v) is 10.6. The SMILES string of the molecule is C1CNCCN1.Cc1ccccc1N(C)C. The molecule has 0 aromatic heterocycles. The zero-order chi connectivity index (χ0) is 11.8. The van der Waals surface area contributed by atoms with E-state index in [2.05, 4.69) is 60.8 Å². The Labute approximate surface area is 98.8 Å². The first-order chi connectivity index (χ1) is 7.72. The number of rotatable bonds is 1. The van der Waals surface area contributed by atoms with Gasteiger partial charge in [0.25, 0.3) is 0 Å². The Kier molecular flexibility index (Phi) is 5.90. The highest BCUT2D eigenvalue weighted by Gasteiger charge is 1.95. The Balaban J connectivity index is 0.000000181. The lowest BCUT2D eigenvalue weighted by molar-refractivity contribution is 0.534. The molecule has 90 valence electrons. The quantitative estimate of drug-likeness (QED) is 0.747. The second-order valence-electron chi connectivity index (χ2n) is 4.18. The maximum absolute atomic E-state index is 3.22. The fourth-order valence-corrected chi connectivity index (χ4v) is 1.67. The molecule has 0 atom stereocenters. The minimum atomic E-state index is 1.14. The molecule has 1 aromatic rings. The van der Waals surface area contributed by atoms with Gasteiger partial charge < -0.3 is 15.5 Å². The molecule has 1 fully saturated rings. The molecular weight excluding hydrogens is 198 g/mol. The molecule has 1 aliphatic rings. The van der Waals surface area contributed by atoms with Crippen LogP contribution in [0.2, 0.25) is 0 Å². The van der Waals surface area contributed by atoms with Gasteiger partial charge in [-0.3, -0.25) is 0 Å². The van der Waals surface area contributed by atoms with Crippen LogP contribution in [0.5, 0.6) is 0 Å². The maximum Gasteiger partial charge on any atom is 0.0390 e. The van der Waals surface area contributed by atoms with E-state index >= 15 is 0 Å². The molecule has 1 heterocycles. The van der Waals surface area contributed by atoms with Crippen LogP contribution in [-0.4, -0.2) is 40.3 Å². The summed E-state index contributed by atoms with van der Waals surface area (Å²) in [6.07, 6.45) is 0. The molecule has 0 saturated carbocycles. The highest BCUT2D eigenvalue weighted by atomic mass is 15.1. The zero-order valence-electron chi connectivity index (χ0n) is 10.6. The first kappa shape index (κ1) is 13.0. The van der Waals surface area contributed by atoms with E-state index in [9.17, 15) is 0 Å². The van der Waals surface area contributed by atoms with E-state index in [1.807, 2.05) is 0 Å². The summed E-state index contributed by atoms with van der Waals surface area (Å²) < 4.78 is 0. The number of nitrogens with one attached hydrogen (secondary N) is 2. The van der Waals surface area contributed by atoms with Gasteiger partial charge in [0, 0.05) is 46.0 Å². The Morgan fingerprint density at radius 3 is 1.75 bits per heavy atom. The van der Waals surface area contributed by atoms with E-state index in [1.54, 1.807) is 0 Å². The molecule has 0 radical (unpaired) electrons. The third-order valence-electron chi connectivity index (χ3n) is 2.55. The van der Waals surface area contributed by atoms with Gasteiger partial charge in [0.15, 0.2) is 0 Å². The number of piperazine rings is 1. The topological polar surface area (TPSA) is 27.3 Å². The van der Waals surface area contributed by atoms with Gasteiger partial charge in [-0.25, -0.2) is 0 Å². The Morgan fingerprint density at radius 2 is 1.44 bits per heavy atom. The lowest BCUT2D eigenvalue weighted by Gasteiger charge is -2.14. The molecule has 0 aliphatic carbocycles. The van der Waals surface area contributed by atoms with Crippen molar-refractivity contribution in [1.29, 1.82) is 0 Å². The van der Waals surface area contributed by atoms with Gasteiger partial charge in [-0.05, 0) is 18.6 Å². The van der Waals surface area contributed by atoms with E-state index in [-0.39, 0.29) is 0 Å². The smallest absolute Gasteiger partial charge is 0.0390 e. The third-order valence-corrected chi connectivity index (χ3v) is 2.55. The highest BCUT2D eigenvalue weighted by Crippen LogP contribution is 2.15. The van der Waals surface area contributed by atoms with E-state index in [0.717, 1.165) is 26.2 Å². The normalized spacial score (nSPS) is 14.9. The van der Waals surface area contributed by atoms with Crippen molar-refractivity contribution in [1.82, 2.24) is 10.6 Å². The van der Waals surface area contributed by atoms with Crippen molar-refractivity contribution in [3.8, 4) is 0 Å². The number of nitrogens with zero attached hydrogens (tertiary/aromatic N) is 1. The number of hydrogen-bond donors (Lipinski definition) is 2. The lowest BCUT2D eigenvalue weighted by atomic mass is 10.2. The Hall–Kier alpha value is -1.06. The average molecular weight is 221 g/mol. The minimum Gasteiger partial charge on any atom is -0.377 e. The summed E-state index contributed by atoms with van der Waals surface area (Å²) in [5.74, 6) is 0. The molecule has 0 spiro atoms. The molecule has 2 N–H and O–H groups in total. The summed E-state index contributed by atoms with van der Waals surface area (Å²) in [6, 6.07) is 8.36. The second-order valence-corrected chi connectivity index (χ2v) is 4.18. The second kappa shape index (κ2) is 7.25. The van der Waals surface area contributed by atoms with Crippen LogP contribution >= 0.6 is 0 Å². The monoisotopic (exact) mass is 221 g/mol. The molecule has 0 amide bonds. The summed E-state index contributed by atoms with van der Waals surface area (Å²) in [6.45, 7) is 6.68. The molecule has 3 heteroatoms. The molecule has 1 saturated heterocycles. The maximum atomic E-state index is 3.22. The minimum absolute atomic E-state index is 1.14. The van der Waals surface area contributed by atoms with Crippen LogP contribution in [0, 0.1) is 6.92 Å². The average Bonchev–Trinajstić information content (AvgIpc) is 2.32. The molecule has 3 nitrogen and oxygen atoms in total. The lowest BCUT2D eigenvalue weighted by Crippen LogP contribution is -2.39. The fraction of sp³-hybridized carbons (Fsp3) is 0.538. The van der Waals surface area contributed by atoms with Crippen LogP contribution < -0.4 is 15.5 Å². The molecule has 1 aliphatic heterocycles. The molecule has 1 aromatic carbocycles. The van der Waals surface area contributed by atoms with Crippen LogP contribution in [0.3, 0.4) is 0 Å². The first-order valence-electron chi connectivity index (χ1n) is 5.86. The van der Waals surface area contributed by atoms with Crippen molar-refractivity contribution < 1.29 is 0 Å². The van der Waals surface area contributed by atoms with Crippen molar-refractivity contribution in [2.45, 2.75) is 6.92 Å². The molecule has 2 rings (SSSR count). The van der Waals surface area contributed by atoms with Gasteiger partial charge >= 0.3 is 0 Å². The van der Waals surface area contributed by atoms with Crippen molar-refractivity contribution in [3.05, 3.63) is 29.8 Å². The number of para-hydroxylation sites is 1. The van der Waals surface area contributed by atoms with Crippen LogP contribution in [0.4, 0.5) is 5.69 Å². The Bertz CT molecular complexity index is 281. The van der Waals surface area contributed by atoms with Gasteiger partial charge in [0.05, 0.1) is 0 Å². The van der Waals surface area contributed by atoms with Gasteiger partial charge in [-0.15, -0.1) is 0 Å². The van der Waals surface area contributed by atoms with Gasteiger partial charge in [0.1, 0.15) is 0 Å². The summed E-state index contributed by atoms with van der Waals surface area (Å²) >= 11 is 0. The van der Waals surface area contributed by atoms with Crippen molar-refractivity contribution in [2.75, 3.05) is 45.2 Å². The molecular formula is C13H23N3. The molecule has 0 bridgehead atoms. The standard InChI is InChI=1S/C9H13N.C4H10N2/c1-8-6-4-5-7-9(8)10(2)3;1-2-6-4-3-5-1/h4-7H,1-3H3;5-6H,1-4H2. The van der Waals surface area contributed by atoms with Gasteiger partial charge in [-0.1, -0.05) is 18.2 Å². The summed E-state index contributed by atoms with van der Waals surface area (Å²) in [5.41, 5.74) is 2.62. The van der Waals surface area contributed by atoms with Gasteiger partial charge in [-0.2, -0.15) is 0 Å². The summed E-state index contributed by atoms with van der Waals surface area (Å²) in [5, 5.41) is 6.44. The van der Waals surface area contributed by atoms with Crippen molar-refractivity contribution in [2.24, 2.45) is 0 Å². The summed E-state index contributed by atoms with van der Waals surface area (Å²) in [4.78, 5) is 2.12. The number of benzene rings is 1. The third kappa shape index (κ3) is 4.64. The van der Waals surface area contributed by atoms with Crippen LogP contribution in [0.1, 0.15) is 5.56 Å². The highest BCUT2D eigenvalue weighted by molar-refractivity contribution is 5.51. The van der Waals surface area contributed by atoms with Crippen molar-refractivity contribution in [3.63, 3.8) is 0 Å². The van der Waals surface area contributed by atoms with E-state index in [1.165, 1.54) is 11.3 Å².